The first-order valence-electron chi connectivity index (χ1n) is 7.12. The van der Waals surface area contributed by atoms with Crippen LogP contribution in [0.2, 0.25) is 0 Å². The van der Waals surface area contributed by atoms with E-state index in [4.69, 9.17) is 4.98 Å². The Hall–Kier alpha value is -0.610. The van der Waals surface area contributed by atoms with Gasteiger partial charge in [0.1, 0.15) is 0 Å². The minimum absolute atomic E-state index is 0.549. The van der Waals surface area contributed by atoms with Gasteiger partial charge in [-0.15, -0.1) is 11.3 Å². The van der Waals surface area contributed by atoms with Gasteiger partial charge in [-0.05, 0) is 45.6 Å². The van der Waals surface area contributed by atoms with E-state index in [0.29, 0.717) is 6.04 Å². The van der Waals surface area contributed by atoms with Crippen LogP contribution in [0.4, 0.5) is 5.13 Å². The van der Waals surface area contributed by atoms with Crippen molar-refractivity contribution in [3.8, 4) is 0 Å². The van der Waals surface area contributed by atoms with Crippen LogP contribution in [-0.4, -0.2) is 24.1 Å². The fourth-order valence-electron chi connectivity index (χ4n) is 1.99. The van der Waals surface area contributed by atoms with Crippen LogP contribution < -0.4 is 10.2 Å². The molecule has 0 unspecified atom stereocenters. The first-order chi connectivity index (χ1) is 8.70. The van der Waals surface area contributed by atoms with E-state index in [9.17, 15) is 0 Å². The SMILES string of the molecule is CCCNCc1csc(N(CC2CC2)C(C)C)n1. The summed E-state index contributed by atoms with van der Waals surface area (Å²) in [7, 11) is 0. The summed E-state index contributed by atoms with van der Waals surface area (Å²) in [5.41, 5.74) is 1.19. The van der Waals surface area contributed by atoms with Crippen molar-refractivity contribution in [1.29, 1.82) is 0 Å². The average molecular weight is 267 g/mol. The second kappa shape index (κ2) is 6.53. The van der Waals surface area contributed by atoms with Crippen molar-refractivity contribution in [3.63, 3.8) is 0 Å². The van der Waals surface area contributed by atoms with E-state index < -0.39 is 0 Å². The average Bonchev–Trinajstić information content (AvgIpc) is 3.05. The van der Waals surface area contributed by atoms with Crippen molar-refractivity contribution in [2.75, 3.05) is 18.0 Å². The third-order valence-corrected chi connectivity index (χ3v) is 4.22. The molecule has 1 aromatic heterocycles. The van der Waals surface area contributed by atoms with E-state index in [0.717, 1.165) is 19.0 Å². The molecule has 1 aliphatic rings. The molecule has 0 aromatic carbocycles. The maximum absolute atomic E-state index is 4.77. The molecule has 1 aliphatic carbocycles. The van der Waals surface area contributed by atoms with Gasteiger partial charge in [-0.2, -0.15) is 0 Å². The van der Waals surface area contributed by atoms with Crippen molar-refractivity contribution in [2.45, 2.75) is 52.6 Å². The van der Waals surface area contributed by atoms with Crippen LogP contribution >= 0.6 is 11.3 Å². The molecule has 0 radical (unpaired) electrons. The van der Waals surface area contributed by atoms with Crippen molar-refractivity contribution in [1.82, 2.24) is 10.3 Å². The Labute approximate surface area is 115 Å². The third-order valence-electron chi connectivity index (χ3n) is 3.29. The van der Waals surface area contributed by atoms with Crippen LogP contribution in [-0.2, 0) is 6.54 Å². The molecular formula is C14H25N3S. The lowest BCUT2D eigenvalue weighted by molar-refractivity contribution is 0.636. The number of anilines is 1. The standard InChI is InChI=1S/C14H25N3S/c1-4-7-15-8-13-10-18-14(16-13)17(11(2)3)9-12-5-6-12/h10-12,15H,4-9H2,1-3H3. The van der Waals surface area contributed by atoms with Crippen LogP contribution in [0.1, 0.15) is 45.7 Å². The van der Waals surface area contributed by atoms with Gasteiger partial charge in [0.15, 0.2) is 5.13 Å². The van der Waals surface area contributed by atoms with E-state index in [1.807, 2.05) is 0 Å². The fourth-order valence-corrected chi connectivity index (χ4v) is 2.96. The van der Waals surface area contributed by atoms with Crippen molar-refractivity contribution in [3.05, 3.63) is 11.1 Å². The molecule has 1 aromatic rings. The summed E-state index contributed by atoms with van der Waals surface area (Å²) >= 11 is 1.79. The Morgan fingerprint density at radius 3 is 2.89 bits per heavy atom. The van der Waals surface area contributed by atoms with Crippen LogP contribution in [0.3, 0.4) is 0 Å². The van der Waals surface area contributed by atoms with Gasteiger partial charge >= 0.3 is 0 Å². The lowest BCUT2D eigenvalue weighted by atomic mass is 10.3. The minimum Gasteiger partial charge on any atom is -0.345 e. The topological polar surface area (TPSA) is 28.2 Å². The highest BCUT2D eigenvalue weighted by molar-refractivity contribution is 7.13. The Kier molecular flexibility index (Phi) is 5.01. The van der Waals surface area contributed by atoms with Crippen molar-refractivity contribution >= 4 is 16.5 Å². The largest absolute Gasteiger partial charge is 0.345 e. The molecule has 1 fully saturated rings. The number of nitrogens with zero attached hydrogens (tertiary/aromatic N) is 2. The molecule has 0 atom stereocenters. The molecular weight excluding hydrogens is 242 g/mol. The Bertz CT molecular complexity index is 358. The molecule has 1 N–H and O–H groups in total. The number of thiazole rings is 1. The summed E-state index contributed by atoms with van der Waals surface area (Å²) in [6.07, 6.45) is 3.98. The van der Waals surface area contributed by atoms with Gasteiger partial charge in [0.05, 0.1) is 5.69 Å². The maximum atomic E-state index is 4.77. The molecule has 102 valence electrons. The monoisotopic (exact) mass is 267 g/mol. The van der Waals surface area contributed by atoms with E-state index in [2.05, 4.69) is 36.4 Å². The van der Waals surface area contributed by atoms with Gasteiger partial charge in [0.25, 0.3) is 0 Å². The van der Waals surface area contributed by atoms with Crippen LogP contribution in [0.15, 0.2) is 5.38 Å². The van der Waals surface area contributed by atoms with Gasteiger partial charge in [-0.3, -0.25) is 0 Å². The highest BCUT2D eigenvalue weighted by atomic mass is 32.1. The lowest BCUT2D eigenvalue weighted by Crippen LogP contribution is -2.32. The summed E-state index contributed by atoms with van der Waals surface area (Å²) in [4.78, 5) is 7.23. The van der Waals surface area contributed by atoms with Crippen LogP contribution in [0.25, 0.3) is 0 Å². The molecule has 1 saturated carbocycles. The van der Waals surface area contributed by atoms with Gasteiger partial charge in [0, 0.05) is 24.5 Å². The normalized spacial score (nSPS) is 15.3. The number of hydrogen-bond acceptors (Lipinski definition) is 4. The van der Waals surface area contributed by atoms with Gasteiger partial charge in [0.2, 0.25) is 0 Å². The number of rotatable bonds is 8. The van der Waals surface area contributed by atoms with Gasteiger partial charge in [-0.1, -0.05) is 6.92 Å². The lowest BCUT2D eigenvalue weighted by Gasteiger charge is -2.26. The molecule has 1 heterocycles. The van der Waals surface area contributed by atoms with E-state index in [-0.39, 0.29) is 0 Å². The molecule has 3 nitrogen and oxygen atoms in total. The fraction of sp³-hybridized carbons (Fsp3) is 0.786. The summed E-state index contributed by atoms with van der Waals surface area (Å²) in [6.45, 7) is 9.88. The smallest absolute Gasteiger partial charge is 0.185 e. The third kappa shape index (κ3) is 3.95. The Balaban J connectivity index is 1.92. The van der Waals surface area contributed by atoms with Gasteiger partial charge in [-0.25, -0.2) is 4.98 Å². The number of nitrogens with one attached hydrogen (secondary N) is 1. The van der Waals surface area contributed by atoms with E-state index in [1.165, 1.54) is 36.6 Å². The zero-order valence-electron chi connectivity index (χ0n) is 11.8. The molecule has 0 saturated heterocycles. The second-order valence-electron chi connectivity index (χ2n) is 5.49. The molecule has 18 heavy (non-hydrogen) atoms. The van der Waals surface area contributed by atoms with Crippen molar-refractivity contribution < 1.29 is 0 Å². The first kappa shape index (κ1) is 13.8. The molecule has 4 heteroatoms. The first-order valence-corrected chi connectivity index (χ1v) is 8.00. The van der Waals surface area contributed by atoms with Crippen molar-refractivity contribution in [2.24, 2.45) is 5.92 Å². The highest BCUT2D eigenvalue weighted by Crippen LogP contribution is 2.33. The molecule has 0 aliphatic heterocycles. The summed E-state index contributed by atoms with van der Waals surface area (Å²) in [5.74, 6) is 0.915. The number of aromatic nitrogens is 1. The molecule has 0 amide bonds. The predicted molar refractivity (Wildman–Crippen MR) is 79.3 cm³/mol. The zero-order chi connectivity index (χ0) is 13.0. The summed E-state index contributed by atoms with van der Waals surface area (Å²) in [6, 6.07) is 0.549. The molecule has 2 rings (SSSR count). The summed E-state index contributed by atoms with van der Waals surface area (Å²) < 4.78 is 0. The second-order valence-corrected chi connectivity index (χ2v) is 6.32. The highest BCUT2D eigenvalue weighted by Gasteiger charge is 2.26. The Morgan fingerprint density at radius 2 is 2.28 bits per heavy atom. The zero-order valence-corrected chi connectivity index (χ0v) is 12.6. The van der Waals surface area contributed by atoms with E-state index >= 15 is 0 Å². The maximum Gasteiger partial charge on any atom is 0.185 e. The quantitative estimate of drug-likeness (QED) is 0.733. The minimum atomic E-state index is 0.549. The van der Waals surface area contributed by atoms with Crippen LogP contribution in [0.5, 0.6) is 0 Å². The molecule has 0 bridgehead atoms. The van der Waals surface area contributed by atoms with E-state index in [1.54, 1.807) is 11.3 Å². The Morgan fingerprint density at radius 1 is 1.50 bits per heavy atom. The molecule has 0 spiro atoms. The van der Waals surface area contributed by atoms with Gasteiger partial charge < -0.3 is 10.2 Å². The summed E-state index contributed by atoms with van der Waals surface area (Å²) in [5, 5.41) is 6.81. The predicted octanol–water partition coefficient (Wildman–Crippen LogP) is 3.27. The number of hydrogen-bond donors (Lipinski definition) is 1. The van der Waals surface area contributed by atoms with Crippen LogP contribution in [0, 0.1) is 5.92 Å².